The van der Waals surface area contributed by atoms with Crippen molar-refractivity contribution in [1.29, 1.82) is 0 Å². The van der Waals surface area contributed by atoms with Gasteiger partial charge < -0.3 is 29.9 Å². The largest absolute Gasteiger partial charge is 0.456 e. The van der Waals surface area contributed by atoms with Gasteiger partial charge in [0, 0.05) is 0 Å². The molecule has 1 aliphatic rings. The third kappa shape index (κ3) is 3.18. The third-order valence-electron chi connectivity index (χ3n) is 2.69. The molecule has 0 radical (unpaired) electrons. The van der Waals surface area contributed by atoms with Crippen molar-refractivity contribution in [2.45, 2.75) is 51.5 Å². The topological polar surface area (TPSA) is 116 Å². The molecule has 1 fully saturated rings. The molecule has 1 saturated heterocycles. The van der Waals surface area contributed by atoms with Crippen LogP contribution in [0, 0.1) is 5.41 Å². The maximum Gasteiger partial charge on any atom is 0.311 e. The van der Waals surface area contributed by atoms with E-state index in [2.05, 4.69) is 0 Å². The molecule has 18 heavy (non-hydrogen) atoms. The van der Waals surface area contributed by atoms with Crippen LogP contribution in [-0.2, 0) is 14.3 Å². The van der Waals surface area contributed by atoms with Gasteiger partial charge in [-0.05, 0) is 20.8 Å². The standard InChI is InChI=1S/C11H20O7/c1-11(2,3)10(16)18-8-5(4-12)17-9(15)7(14)6(8)13/h5-9,12-15H,4H2,1-3H3/t5-,6-,7+,8-,9-/m1/s1. The molecule has 0 saturated carbocycles. The van der Waals surface area contributed by atoms with E-state index < -0.39 is 48.7 Å². The minimum atomic E-state index is -1.62. The smallest absolute Gasteiger partial charge is 0.311 e. The van der Waals surface area contributed by atoms with E-state index in [1.54, 1.807) is 20.8 Å². The quantitative estimate of drug-likeness (QED) is 0.443. The first-order chi connectivity index (χ1) is 8.18. The van der Waals surface area contributed by atoms with Crippen LogP contribution < -0.4 is 0 Å². The third-order valence-corrected chi connectivity index (χ3v) is 2.69. The summed E-state index contributed by atoms with van der Waals surface area (Å²) >= 11 is 0. The molecular formula is C11H20O7. The average molecular weight is 264 g/mol. The maximum atomic E-state index is 11.7. The van der Waals surface area contributed by atoms with Crippen LogP contribution in [0.25, 0.3) is 0 Å². The van der Waals surface area contributed by atoms with Crippen molar-refractivity contribution >= 4 is 5.97 Å². The molecule has 0 amide bonds. The Balaban J connectivity index is 2.80. The van der Waals surface area contributed by atoms with Crippen molar-refractivity contribution in [3.63, 3.8) is 0 Å². The van der Waals surface area contributed by atoms with Crippen LogP contribution in [0.1, 0.15) is 20.8 Å². The molecule has 0 unspecified atom stereocenters. The maximum absolute atomic E-state index is 11.7. The zero-order valence-corrected chi connectivity index (χ0v) is 10.6. The summed E-state index contributed by atoms with van der Waals surface area (Å²) in [5, 5.41) is 37.5. The molecule has 0 spiro atoms. The Labute approximate surface area is 105 Å². The predicted molar refractivity (Wildman–Crippen MR) is 59.3 cm³/mol. The highest BCUT2D eigenvalue weighted by molar-refractivity contribution is 5.75. The second kappa shape index (κ2) is 5.50. The summed E-state index contributed by atoms with van der Waals surface area (Å²) in [4.78, 5) is 11.7. The number of carbonyl (C=O) groups excluding carboxylic acids is 1. The van der Waals surface area contributed by atoms with Gasteiger partial charge in [-0.25, -0.2) is 0 Å². The summed E-state index contributed by atoms with van der Waals surface area (Å²) in [5.74, 6) is -0.600. The fraction of sp³-hybridized carbons (Fsp3) is 0.909. The lowest BCUT2D eigenvalue weighted by molar-refractivity contribution is -0.291. The van der Waals surface area contributed by atoms with E-state index in [0.717, 1.165) is 0 Å². The van der Waals surface area contributed by atoms with Gasteiger partial charge in [0.05, 0.1) is 12.0 Å². The Morgan fingerprint density at radius 1 is 1.22 bits per heavy atom. The normalized spacial score (nSPS) is 37.4. The first-order valence-electron chi connectivity index (χ1n) is 5.70. The summed E-state index contributed by atoms with van der Waals surface area (Å²) in [5.41, 5.74) is -0.791. The number of hydrogen-bond donors (Lipinski definition) is 4. The molecule has 4 N–H and O–H groups in total. The van der Waals surface area contributed by atoms with Gasteiger partial charge in [0.1, 0.15) is 18.3 Å². The number of esters is 1. The van der Waals surface area contributed by atoms with Gasteiger partial charge in [-0.2, -0.15) is 0 Å². The van der Waals surface area contributed by atoms with Crippen molar-refractivity contribution in [3.05, 3.63) is 0 Å². The van der Waals surface area contributed by atoms with Crippen LogP contribution in [0.2, 0.25) is 0 Å². The van der Waals surface area contributed by atoms with E-state index >= 15 is 0 Å². The molecule has 0 aliphatic carbocycles. The van der Waals surface area contributed by atoms with E-state index in [9.17, 15) is 20.1 Å². The SMILES string of the molecule is CC(C)(C)C(=O)O[C@H]1[C@H](O)[C@H](O)[C@H](O)O[C@@H]1CO. The highest BCUT2D eigenvalue weighted by Gasteiger charge is 2.46. The molecular weight excluding hydrogens is 244 g/mol. The Hall–Kier alpha value is -0.730. The van der Waals surface area contributed by atoms with Crippen LogP contribution in [0.4, 0.5) is 0 Å². The molecule has 1 heterocycles. The average Bonchev–Trinajstić information content (AvgIpc) is 2.28. The van der Waals surface area contributed by atoms with Gasteiger partial charge in [0.25, 0.3) is 0 Å². The summed E-state index contributed by atoms with van der Waals surface area (Å²) in [7, 11) is 0. The van der Waals surface area contributed by atoms with Crippen LogP contribution in [0.3, 0.4) is 0 Å². The van der Waals surface area contributed by atoms with Crippen LogP contribution in [0.15, 0.2) is 0 Å². The molecule has 0 aromatic heterocycles. The van der Waals surface area contributed by atoms with Crippen molar-refractivity contribution in [2.24, 2.45) is 5.41 Å². The number of ether oxygens (including phenoxy) is 2. The van der Waals surface area contributed by atoms with Crippen LogP contribution >= 0.6 is 0 Å². The number of rotatable bonds is 2. The molecule has 0 bridgehead atoms. The number of carbonyl (C=O) groups is 1. The van der Waals surface area contributed by atoms with Gasteiger partial charge in [-0.1, -0.05) is 0 Å². The van der Waals surface area contributed by atoms with Crippen LogP contribution in [-0.4, -0.2) is 63.7 Å². The second-order valence-electron chi connectivity index (χ2n) is 5.35. The lowest BCUT2D eigenvalue weighted by Crippen LogP contribution is -2.60. The van der Waals surface area contributed by atoms with Gasteiger partial charge in [0.15, 0.2) is 12.4 Å². The summed E-state index contributed by atoms with van der Waals surface area (Å²) in [6.07, 6.45) is -7.03. The Morgan fingerprint density at radius 3 is 2.22 bits per heavy atom. The molecule has 7 heteroatoms. The fourth-order valence-electron chi connectivity index (χ4n) is 1.51. The van der Waals surface area contributed by atoms with Gasteiger partial charge in [-0.15, -0.1) is 0 Å². The van der Waals surface area contributed by atoms with Gasteiger partial charge in [0.2, 0.25) is 0 Å². The van der Waals surface area contributed by atoms with Crippen molar-refractivity contribution in [1.82, 2.24) is 0 Å². The van der Waals surface area contributed by atoms with E-state index in [0.29, 0.717) is 0 Å². The first kappa shape index (κ1) is 15.3. The highest BCUT2D eigenvalue weighted by Crippen LogP contribution is 2.25. The number of aliphatic hydroxyl groups excluding tert-OH is 4. The minimum absolute atomic E-state index is 0.553. The fourth-order valence-corrected chi connectivity index (χ4v) is 1.51. The second-order valence-corrected chi connectivity index (χ2v) is 5.35. The lowest BCUT2D eigenvalue weighted by atomic mass is 9.95. The molecule has 106 valence electrons. The highest BCUT2D eigenvalue weighted by atomic mass is 16.7. The number of hydrogen-bond acceptors (Lipinski definition) is 7. The zero-order valence-electron chi connectivity index (χ0n) is 10.6. The van der Waals surface area contributed by atoms with E-state index in [-0.39, 0.29) is 0 Å². The summed E-state index contributed by atoms with van der Waals surface area (Å²) in [6, 6.07) is 0. The molecule has 1 aliphatic heterocycles. The monoisotopic (exact) mass is 264 g/mol. The van der Waals surface area contributed by atoms with Crippen molar-refractivity contribution in [3.8, 4) is 0 Å². The van der Waals surface area contributed by atoms with E-state index in [1.807, 2.05) is 0 Å². The zero-order chi connectivity index (χ0) is 14.1. The molecule has 7 nitrogen and oxygen atoms in total. The lowest BCUT2D eigenvalue weighted by Gasteiger charge is -2.40. The first-order valence-corrected chi connectivity index (χ1v) is 5.70. The van der Waals surface area contributed by atoms with Crippen molar-refractivity contribution < 1.29 is 34.7 Å². The molecule has 0 aromatic carbocycles. The summed E-state index contributed by atoms with van der Waals surface area (Å²) < 4.78 is 9.91. The minimum Gasteiger partial charge on any atom is -0.456 e. The van der Waals surface area contributed by atoms with Gasteiger partial charge in [-0.3, -0.25) is 4.79 Å². The van der Waals surface area contributed by atoms with Crippen LogP contribution in [0.5, 0.6) is 0 Å². The predicted octanol–water partition coefficient (Wildman–Crippen LogP) is -1.62. The van der Waals surface area contributed by atoms with E-state index in [1.165, 1.54) is 0 Å². The Bertz CT molecular complexity index is 296. The summed E-state index contributed by atoms with van der Waals surface area (Å²) in [6.45, 7) is 4.34. The van der Waals surface area contributed by atoms with Gasteiger partial charge >= 0.3 is 5.97 Å². The molecule has 1 rings (SSSR count). The Kier molecular flexibility index (Phi) is 4.68. The number of aliphatic hydroxyl groups is 4. The van der Waals surface area contributed by atoms with Crippen molar-refractivity contribution in [2.75, 3.05) is 6.61 Å². The Morgan fingerprint density at radius 2 is 1.78 bits per heavy atom. The van der Waals surface area contributed by atoms with E-state index in [4.69, 9.17) is 14.6 Å². The molecule has 5 atom stereocenters. The molecule has 0 aromatic rings.